The smallest absolute Gasteiger partial charge is 0.404 e. The normalized spacial score (nSPS) is 11.0. The summed E-state index contributed by atoms with van der Waals surface area (Å²) >= 11 is 0. The summed E-state index contributed by atoms with van der Waals surface area (Å²) in [6.45, 7) is 0.0181. The zero-order chi connectivity index (χ0) is 10.4. The molecule has 0 saturated heterocycles. The van der Waals surface area contributed by atoms with Crippen molar-refractivity contribution in [3.8, 4) is 0 Å². The quantitative estimate of drug-likeness (QED) is 0.752. The van der Waals surface area contributed by atoms with Crippen LogP contribution in [0.2, 0.25) is 0 Å². The second-order valence-electron chi connectivity index (χ2n) is 2.74. The summed E-state index contributed by atoms with van der Waals surface area (Å²) in [5, 5.41) is 0. The Morgan fingerprint density at radius 2 is 1.93 bits per heavy atom. The molecule has 0 unspecified atom stereocenters. The molecule has 4 heteroatoms. The Balaban J connectivity index is 2.56. The van der Waals surface area contributed by atoms with Crippen molar-refractivity contribution in [2.45, 2.75) is 0 Å². The highest BCUT2D eigenvalue weighted by atomic mass is 16.5. The van der Waals surface area contributed by atoms with Crippen molar-refractivity contribution in [2.75, 3.05) is 6.61 Å². The monoisotopic (exact) mass is 192 g/mol. The lowest BCUT2D eigenvalue weighted by atomic mass is 10.2. The van der Waals surface area contributed by atoms with Gasteiger partial charge in [0.25, 0.3) is 0 Å². The summed E-state index contributed by atoms with van der Waals surface area (Å²) in [4.78, 5) is 10.3. The molecule has 0 aromatic heterocycles. The van der Waals surface area contributed by atoms with E-state index in [4.69, 9.17) is 11.5 Å². The van der Waals surface area contributed by atoms with Crippen LogP contribution in [-0.4, -0.2) is 12.7 Å². The van der Waals surface area contributed by atoms with Gasteiger partial charge in [0.15, 0.2) is 0 Å². The number of rotatable bonds is 3. The van der Waals surface area contributed by atoms with E-state index in [0.29, 0.717) is 5.70 Å². The molecule has 0 heterocycles. The second kappa shape index (κ2) is 4.91. The van der Waals surface area contributed by atoms with Crippen LogP contribution in [0.25, 0.3) is 6.08 Å². The number of nitrogens with two attached hydrogens (primary N) is 2. The Morgan fingerprint density at radius 3 is 2.50 bits per heavy atom. The van der Waals surface area contributed by atoms with Crippen molar-refractivity contribution < 1.29 is 9.53 Å². The molecule has 0 saturated carbocycles. The van der Waals surface area contributed by atoms with Gasteiger partial charge in [-0.15, -0.1) is 0 Å². The lowest BCUT2D eigenvalue weighted by molar-refractivity contribution is 0.166. The average molecular weight is 192 g/mol. The molecule has 1 aromatic carbocycles. The molecular weight excluding hydrogens is 180 g/mol. The van der Waals surface area contributed by atoms with Gasteiger partial charge in [0, 0.05) is 5.70 Å². The predicted octanol–water partition coefficient (Wildman–Crippen LogP) is 1.08. The molecule has 74 valence electrons. The average Bonchev–Trinajstić information content (AvgIpc) is 2.16. The summed E-state index contributed by atoms with van der Waals surface area (Å²) in [5.74, 6) is 0. The molecule has 0 atom stereocenters. The molecule has 1 aromatic rings. The van der Waals surface area contributed by atoms with Gasteiger partial charge in [-0.3, -0.25) is 0 Å². The maximum atomic E-state index is 10.3. The molecule has 0 aliphatic rings. The zero-order valence-electron chi connectivity index (χ0n) is 7.64. The zero-order valence-corrected chi connectivity index (χ0v) is 7.64. The lowest BCUT2D eigenvalue weighted by Crippen LogP contribution is -2.17. The number of carbonyl (C=O) groups is 1. The van der Waals surface area contributed by atoms with Crippen molar-refractivity contribution in [1.82, 2.24) is 0 Å². The SMILES string of the molecule is NC(=O)OC/C(N)=C/c1ccccc1. The topological polar surface area (TPSA) is 78.3 Å². The maximum absolute atomic E-state index is 10.3. The highest BCUT2D eigenvalue weighted by Crippen LogP contribution is 2.03. The van der Waals surface area contributed by atoms with Crippen molar-refractivity contribution in [2.24, 2.45) is 11.5 Å². The van der Waals surface area contributed by atoms with Gasteiger partial charge < -0.3 is 16.2 Å². The van der Waals surface area contributed by atoms with Crippen LogP contribution in [-0.2, 0) is 4.74 Å². The third-order valence-corrected chi connectivity index (χ3v) is 1.53. The Kier molecular flexibility index (Phi) is 3.55. The number of primary amides is 1. The van der Waals surface area contributed by atoms with Crippen LogP contribution < -0.4 is 11.5 Å². The summed E-state index contributed by atoms with van der Waals surface area (Å²) in [6.07, 6.45) is 0.901. The molecular formula is C10H12N2O2. The van der Waals surface area contributed by atoms with Crippen LogP contribution in [0.4, 0.5) is 4.79 Å². The molecule has 0 aliphatic heterocycles. The minimum Gasteiger partial charge on any atom is -0.443 e. The van der Waals surface area contributed by atoms with E-state index < -0.39 is 6.09 Å². The van der Waals surface area contributed by atoms with Gasteiger partial charge in [-0.1, -0.05) is 30.3 Å². The fraction of sp³-hybridized carbons (Fsp3) is 0.100. The van der Waals surface area contributed by atoms with Crippen molar-refractivity contribution >= 4 is 12.2 Å². The fourth-order valence-corrected chi connectivity index (χ4v) is 0.959. The van der Waals surface area contributed by atoms with Crippen LogP contribution in [0.5, 0.6) is 0 Å². The van der Waals surface area contributed by atoms with E-state index in [0.717, 1.165) is 5.56 Å². The van der Waals surface area contributed by atoms with Crippen LogP contribution in [0.1, 0.15) is 5.56 Å². The highest BCUT2D eigenvalue weighted by molar-refractivity contribution is 5.65. The maximum Gasteiger partial charge on any atom is 0.404 e. The molecule has 1 rings (SSSR count). The number of carbonyl (C=O) groups excluding carboxylic acids is 1. The molecule has 0 aliphatic carbocycles. The number of benzene rings is 1. The number of amides is 1. The summed E-state index contributed by atoms with van der Waals surface area (Å²) in [7, 11) is 0. The Morgan fingerprint density at radius 1 is 1.29 bits per heavy atom. The molecule has 4 N–H and O–H groups in total. The van der Waals surface area contributed by atoms with Crippen molar-refractivity contribution in [3.05, 3.63) is 41.6 Å². The van der Waals surface area contributed by atoms with Gasteiger partial charge in [0.1, 0.15) is 6.61 Å². The molecule has 1 amide bonds. The van der Waals surface area contributed by atoms with Crippen molar-refractivity contribution in [3.63, 3.8) is 0 Å². The third kappa shape index (κ3) is 3.62. The Labute approximate surface area is 82.2 Å². The first-order valence-electron chi connectivity index (χ1n) is 4.12. The standard InChI is InChI=1S/C10H12N2O2/c11-9(7-14-10(12)13)6-8-4-2-1-3-5-8/h1-6H,7,11H2,(H2,12,13)/b9-6-. The van der Waals surface area contributed by atoms with E-state index in [1.807, 2.05) is 30.3 Å². The van der Waals surface area contributed by atoms with E-state index in [2.05, 4.69) is 4.74 Å². The van der Waals surface area contributed by atoms with Crippen LogP contribution in [0.3, 0.4) is 0 Å². The van der Waals surface area contributed by atoms with Gasteiger partial charge in [-0.25, -0.2) is 4.79 Å². The van der Waals surface area contributed by atoms with Gasteiger partial charge in [0.05, 0.1) is 0 Å². The second-order valence-corrected chi connectivity index (χ2v) is 2.74. The summed E-state index contributed by atoms with van der Waals surface area (Å²) in [5.41, 5.74) is 11.8. The first-order chi connectivity index (χ1) is 6.68. The molecule has 0 bridgehead atoms. The minimum absolute atomic E-state index is 0.0181. The first kappa shape index (κ1) is 10.1. The van der Waals surface area contributed by atoms with E-state index in [9.17, 15) is 4.79 Å². The Bertz CT molecular complexity index is 333. The van der Waals surface area contributed by atoms with E-state index >= 15 is 0 Å². The largest absolute Gasteiger partial charge is 0.443 e. The van der Waals surface area contributed by atoms with Crippen LogP contribution in [0.15, 0.2) is 36.0 Å². The van der Waals surface area contributed by atoms with E-state index in [1.165, 1.54) is 0 Å². The predicted molar refractivity (Wildman–Crippen MR) is 54.1 cm³/mol. The van der Waals surface area contributed by atoms with Crippen LogP contribution >= 0.6 is 0 Å². The van der Waals surface area contributed by atoms with E-state index in [1.54, 1.807) is 6.08 Å². The number of hydrogen-bond donors (Lipinski definition) is 2. The van der Waals surface area contributed by atoms with Crippen molar-refractivity contribution in [1.29, 1.82) is 0 Å². The minimum atomic E-state index is -0.825. The first-order valence-corrected chi connectivity index (χ1v) is 4.12. The number of ether oxygens (including phenoxy) is 1. The lowest BCUT2D eigenvalue weighted by Gasteiger charge is -2.01. The molecule has 14 heavy (non-hydrogen) atoms. The highest BCUT2D eigenvalue weighted by Gasteiger charge is 1.95. The molecule has 0 radical (unpaired) electrons. The third-order valence-electron chi connectivity index (χ3n) is 1.53. The van der Waals surface area contributed by atoms with Gasteiger partial charge in [-0.2, -0.15) is 0 Å². The summed E-state index contributed by atoms with van der Waals surface area (Å²) in [6, 6.07) is 9.50. The summed E-state index contributed by atoms with van der Waals surface area (Å²) < 4.78 is 4.52. The molecule has 0 spiro atoms. The Hall–Kier alpha value is -1.97. The molecule has 0 fully saturated rings. The van der Waals surface area contributed by atoms with E-state index in [-0.39, 0.29) is 6.61 Å². The fourth-order valence-electron chi connectivity index (χ4n) is 0.959. The molecule has 4 nitrogen and oxygen atoms in total. The van der Waals surface area contributed by atoms with Gasteiger partial charge in [-0.05, 0) is 11.6 Å². The van der Waals surface area contributed by atoms with Gasteiger partial charge >= 0.3 is 6.09 Å². The van der Waals surface area contributed by atoms with Crippen LogP contribution in [0, 0.1) is 0 Å². The number of hydrogen-bond acceptors (Lipinski definition) is 3. The van der Waals surface area contributed by atoms with Gasteiger partial charge in [0.2, 0.25) is 0 Å².